The fourth-order valence-electron chi connectivity index (χ4n) is 3.00. The zero-order valence-corrected chi connectivity index (χ0v) is 17.5. The average molecular weight is 394 g/mol. The minimum absolute atomic E-state index is 0.129. The summed E-state index contributed by atoms with van der Waals surface area (Å²) < 4.78 is 24.0. The van der Waals surface area contributed by atoms with E-state index in [4.69, 9.17) is 0 Å². The second kappa shape index (κ2) is 7.29. The third kappa shape index (κ3) is 3.94. The SMILES string of the molecule is CC(CNc1ccc(S(=O)(=O)C(C)(C)C)nc1)N1CCc2sccc2C1. The number of fused-ring (bicyclic) bond motifs is 1. The molecule has 0 bridgehead atoms. The van der Waals surface area contributed by atoms with Crippen molar-refractivity contribution >= 4 is 26.9 Å². The fraction of sp³-hybridized carbons (Fsp3) is 0.526. The summed E-state index contributed by atoms with van der Waals surface area (Å²) in [5.74, 6) is 0. The lowest BCUT2D eigenvalue weighted by atomic mass is 10.1. The Kier molecular flexibility index (Phi) is 5.42. The summed E-state index contributed by atoms with van der Waals surface area (Å²) in [5, 5.41) is 5.69. The zero-order valence-electron chi connectivity index (χ0n) is 15.8. The number of nitrogens with one attached hydrogen (secondary N) is 1. The van der Waals surface area contributed by atoms with Gasteiger partial charge in [-0.2, -0.15) is 0 Å². The molecule has 0 saturated heterocycles. The van der Waals surface area contributed by atoms with Crippen LogP contribution in [0.3, 0.4) is 0 Å². The highest BCUT2D eigenvalue weighted by Gasteiger charge is 2.32. The zero-order chi connectivity index (χ0) is 18.9. The van der Waals surface area contributed by atoms with Gasteiger partial charge in [-0.25, -0.2) is 13.4 Å². The lowest BCUT2D eigenvalue weighted by Gasteiger charge is -2.32. The Morgan fingerprint density at radius 2 is 2.08 bits per heavy atom. The number of hydrogen-bond acceptors (Lipinski definition) is 6. The molecule has 3 heterocycles. The van der Waals surface area contributed by atoms with Crippen LogP contribution in [-0.2, 0) is 22.8 Å². The van der Waals surface area contributed by atoms with Crippen LogP contribution < -0.4 is 5.32 Å². The van der Waals surface area contributed by atoms with E-state index in [9.17, 15) is 8.42 Å². The first-order chi connectivity index (χ1) is 12.2. The summed E-state index contributed by atoms with van der Waals surface area (Å²) in [5.41, 5.74) is 2.30. The number of aromatic nitrogens is 1. The van der Waals surface area contributed by atoms with E-state index in [0.29, 0.717) is 6.04 Å². The maximum absolute atomic E-state index is 12.4. The first-order valence-corrected chi connectivity index (χ1v) is 11.3. The molecule has 0 spiro atoms. The van der Waals surface area contributed by atoms with E-state index in [2.05, 4.69) is 33.6 Å². The molecular weight excluding hydrogens is 366 g/mol. The molecule has 1 aliphatic heterocycles. The van der Waals surface area contributed by atoms with E-state index in [1.54, 1.807) is 39.1 Å². The van der Waals surface area contributed by atoms with Gasteiger partial charge in [-0.1, -0.05) is 0 Å². The monoisotopic (exact) mass is 393 g/mol. The Labute approximate surface area is 160 Å². The van der Waals surface area contributed by atoms with Crippen LogP contribution in [0.1, 0.15) is 38.1 Å². The van der Waals surface area contributed by atoms with Gasteiger partial charge in [-0.05, 0) is 63.3 Å². The lowest BCUT2D eigenvalue weighted by Crippen LogP contribution is -2.40. The predicted octanol–water partition coefficient (Wildman–Crippen LogP) is 3.57. The summed E-state index contributed by atoms with van der Waals surface area (Å²) in [6, 6.07) is 6.00. The van der Waals surface area contributed by atoms with E-state index >= 15 is 0 Å². The summed E-state index contributed by atoms with van der Waals surface area (Å²) in [7, 11) is -3.41. The molecule has 1 unspecified atom stereocenters. The van der Waals surface area contributed by atoms with Crippen molar-refractivity contribution in [3.63, 3.8) is 0 Å². The molecule has 0 saturated carbocycles. The van der Waals surface area contributed by atoms with E-state index in [1.807, 2.05) is 11.3 Å². The quantitative estimate of drug-likeness (QED) is 0.841. The van der Waals surface area contributed by atoms with Gasteiger partial charge in [0, 0.05) is 30.6 Å². The number of sulfone groups is 1. The van der Waals surface area contributed by atoms with Crippen molar-refractivity contribution in [2.45, 2.75) is 56.5 Å². The van der Waals surface area contributed by atoms with Crippen molar-refractivity contribution < 1.29 is 8.42 Å². The van der Waals surface area contributed by atoms with Gasteiger partial charge in [0.2, 0.25) is 0 Å². The molecular formula is C19H27N3O2S2. The van der Waals surface area contributed by atoms with E-state index < -0.39 is 14.6 Å². The highest BCUT2D eigenvalue weighted by molar-refractivity contribution is 7.92. The third-order valence-electron chi connectivity index (χ3n) is 4.88. The summed E-state index contributed by atoms with van der Waals surface area (Å²) in [6.45, 7) is 10.2. The van der Waals surface area contributed by atoms with Gasteiger partial charge in [-0.3, -0.25) is 4.90 Å². The largest absolute Gasteiger partial charge is 0.382 e. The van der Waals surface area contributed by atoms with Crippen LogP contribution in [0, 0.1) is 0 Å². The highest BCUT2D eigenvalue weighted by Crippen LogP contribution is 2.26. The Balaban J connectivity index is 1.59. The van der Waals surface area contributed by atoms with Gasteiger partial charge in [0.05, 0.1) is 16.6 Å². The minimum Gasteiger partial charge on any atom is -0.382 e. The summed E-state index contributed by atoms with van der Waals surface area (Å²) in [4.78, 5) is 8.16. The molecule has 1 N–H and O–H groups in total. The molecule has 1 aliphatic rings. The van der Waals surface area contributed by atoms with Gasteiger partial charge in [0.1, 0.15) is 0 Å². The van der Waals surface area contributed by atoms with Crippen LogP contribution in [0.5, 0.6) is 0 Å². The first-order valence-electron chi connectivity index (χ1n) is 8.92. The smallest absolute Gasteiger partial charge is 0.200 e. The van der Waals surface area contributed by atoms with E-state index in [-0.39, 0.29) is 5.03 Å². The Bertz CT molecular complexity index is 852. The molecule has 0 aromatic carbocycles. The lowest BCUT2D eigenvalue weighted by molar-refractivity contribution is 0.200. The summed E-state index contributed by atoms with van der Waals surface area (Å²) in [6.07, 6.45) is 2.73. The van der Waals surface area contributed by atoms with Crippen LogP contribution in [0.2, 0.25) is 0 Å². The molecule has 0 aliphatic carbocycles. The normalized spacial score (nSPS) is 16.9. The topological polar surface area (TPSA) is 62.3 Å². The van der Waals surface area contributed by atoms with E-state index in [0.717, 1.165) is 31.7 Å². The Hall–Kier alpha value is -1.44. The number of hydrogen-bond donors (Lipinski definition) is 1. The van der Waals surface area contributed by atoms with Gasteiger partial charge in [0.15, 0.2) is 14.9 Å². The molecule has 26 heavy (non-hydrogen) atoms. The van der Waals surface area contributed by atoms with Crippen LogP contribution >= 0.6 is 11.3 Å². The van der Waals surface area contributed by atoms with Crippen LogP contribution in [0.15, 0.2) is 34.8 Å². The standard InChI is InChI=1S/C19H27N3O2S2/c1-14(22-9-7-17-15(13-22)8-10-25-17)11-20-16-5-6-18(21-12-16)26(23,24)19(2,3)4/h5-6,8,10,12,14,20H,7,9,11,13H2,1-4H3. The summed E-state index contributed by atoms with van der Waals surface area (Å²) >= 11 is 1.85. The first kappa shape index (κ1) is 19.3. The molecule has 142 valence electrons. The number of anilines is 1. The second-order valence-corrected chi connectivity index (χ2v) is 11.5. The number of rotatable bonds is 5. The predicted molar refractivity (Wildman–Crippen MR) is 108 cm³/mol. The van der Waals surface area contributed by atoms with Gasteiger partial charge in [0.25, 0.3) is 0 Å². The van der Waals surface area contributed by atoms with Crippen LogP contribution in [0.4, 0.5) is 5.69 Å². The van der Waals surface area contributed by atoms with Crippen LogP contribution in [0.25, 0.3) is 0 Å². The molecule has 2 aromatic rings. The van der Waals surface area contributed by atoms with E-state index in [1.165, 1.54) is 10.4 Å². The minimum atomic E-state index is -3.41. The number of pyridine rings is 1. The second-order valence-electron chi connectivity index (χ2n) is 7.82. The molecule has 3 rings (SSSR count). The third-order valence-corrected chi connectivity index (χ3v) is 8.31. The van der Waals surface area contributed by atoms with Crippen molar-refractivity contribution in [1.29, 1.82) is 0 Å². The van der Waals surface area contributed by atoms with Crippen molar-refractivity contribution in [2.75, 3.05) is 18.4 Å². The number of nitrogens with zero attached hydrogens (tertiary/aromatic N) is 2. The molecule has 0 fully saturated rings. The maximum atomic E-state index is 12.4. The number of thiophene rings is 1. The van der Waals surface area contributed by atoms with Crippen molar-refractivity contribution in [3.8, 4) is 0 Å². The van der Waals surface area contributed by atoms with Crippen molar-refractivity contribution in [2.24, 2.45) is 0 Å². The van der Waals surface area contributed by atoms with Gasteiger partial charge >= 0.3 is 0 Å². The van der Waals surface area contributed by atoms with Crippen molar-refractivity contribution in [1.82, 2.24) is 9.88 Å². The highest BCUT2D eigenvalue weighted by atomic mass is 32.2. The molecule has 7 heteroatoms. The van der Waals surface area contributed by atoms with Crippen LogP contribution in [-0.4, -0.2) is 42.2 Å². The van der Waals surface area contributed by atoms with Crippen molar-refractivity contribution in [3.05, 3.63) is 40.2 Å². The molecule has 0 radical (unpaired) electrons. The average Bonchev–Trinajstić information content (AvgIpc) is 3.06. The van der Waals surface area contributed by atoms with Gasteiger partial charge in [-0.15, -0.1) is 11.3 Å². The Morgan fingerprint density at radius 3 is 2.73 bits per heavy atom. The maximum Gasteiger partial charge on any atom is 0.200 e. The molecule has 1 atom stereocenters. The molecule has 5 nitrogen and oxygen atoms in total. The Morgan fingerprint density at radius 1 is 1.31 bits per heavy atom. The van der Waals surface area contributed by atoms with Gasteiger partial charge < -0.3 is 5.32 Å². The fourth-order valence-corrected chi connectivity index (χ4v) is 4.95. The molecule has 0 amide bonds. The molecule has 2 aromatic heterocycles.